The van der Waals surface area contributed by atoms with Crippen molar-refractivity contribution in [3.05, 3.63) is 89.1 Å². The minimum atomic E-state index is -0.652. The molecule has 7 rings (SSSR count). The van der Waals surface area contributed by atoms with E-state index in [9.17, 15) is 14.4 Å². The molecule has 0 bridgehead atoms. The third-order valence-electron chi connectivity index (χ3n) is 9.10. The lowest BCUT2D eigenvalue weighted by molar-refractivity contribution is -0.147. The smallest absolute Gasteiger partial charge is 0.244 e. The monoisotopic (exact) mass is 521 g/mol. The van der Waals surface area contributed by atoms with Crippen molar-refractivity contribution in [3.63, 3.8) is 0 Å². The van der Waals surface area contributed by atoms with Crippen molar-refractivity contribution < 1.29 is 14.4 Å². The second kappa shape index (κ2) is 9.02. The van der Waals surface area contributed by atoms with Gasteiger partial charge in [0, 0.05) is 24.0 Å². The Morgan fingerprint density at radius 2 is 1.79 bits per heavy atom. The average molecular weight is 522 g/mol. The molecule has 198 valence electrons. The summed E-state index contributed by atoms with van der Waals surface area (Å²) in [5.74, 6) is 0.409. The molecule has 3 N–H and O–H groups in total. The lowest BCUT2D eigenvalue weighted by atomic mass is 9.79. The number of nitrogens with one attached hydrogen (secondary N) is 3. The average Bonchev–Trinajstić information content (AvgIpc) is 3.64. The molecule has 2 spiro atoms. The summed E-state index contributed by atoms with van der Waals surface area (Å²) >= 11 is 0. The number of rotatable bonds is 4. The summed E-state index contributed by atoms with van der Waals surface area (Å²) in [6.07, 6.45) is 6.51. The lowest BCUT2D eigenvalue weighted by Crippen LogP contribution is -2.64. The summed E-state index contributed by atoms with van der Waals surface area (Å²) in [5.41, 5.74) is 3.57. The van der Waals surface area contributed by atoms with E-state index in [1.807, 2.05) is 60.7 Å². The molecule has 1 aromatic heterocycles. The number of amides is 3. The van der Waals surface area contributed by atoms with Gasteiger partial charge >= 0.3 is 0 Å². The largest absolute Gasteiger partial charge is 0.325 e. The number of piperazine rings is 1. The standard InChI is InChI=1S/C31H31N5O3/c37-26(19-36-25(20-7-2-1-3-8-20)18-33-31(29(36)39)12-4-5-13-31)34-23-11-10-21-16-30(17-22(21)15-23)24-9-6-14-32-27(24)35-28(30)38/h1-3,6-11,14-15,25,33H,4-5,12-13,16-19H2,(H,34,37)(H,32,35,38)/t25-,30+/m0/s1. The number of hydrogen-bond acceptors (Lipinski definition) is 5. The Morgan fingerprint density at radius 3 is 2.62 bits per heavy atom. The number of pyridine rings is 1. The fourth-order valence-electron chi connectivity index (χ4n) is 7.12. The van der Waals surface area contributed by atoms with E-state index in [1.165, 1.54) is 0 Å². The molecule has 2 aliphatic carbocycles. The molecule has 1 saturated carbocycles. The Hall–Kier alpha value is -4.04. The van der Waals surface area contributed by atoms with Crippen molar-refractivity contribution in [1.82, 2.24) is 15.2 Å². The summed E-state index contributed by atoms with van der Waals surface area (Å²) in [7, 11) is 0. The highest BCUT2D eigenvalue weighted by Gasteiger charge is 2.51. The summed E-state index contributed by atoms with van der Waals surface area (Å²) < 4.78 is 0. The van der Waals surface area contributed by atoms with Crippen molar-refractivity contribution in [1.29, 1.82) is 0 Å². The Morgan fingerprint density at radius 1 is 1.00 bits per heavy atom. The molecule has 4 aliphatic rings. The molecule has 0 unspecified atom stereocenters. The molecule has 3 amide bonds. The van der Waals surface area contributed by atoms with Crippen LogP contribution in [0.1, 0.15) is 54.0 Å². The van der Waals surface area contributed by atoms with Crippen LogP contribution >= 0.6 is 0 Å². The van der Waals surface area contributed by atoms with Crippen LogP contribution in [-0.2, 0) is 32.6 Å². The molecule has 8 nitrogen and oxygen atoms in total. The first-order valence-corrected chi connectivity index (χ1v) is 13.8. The first kappa shape index (κ1) is 24.0. The van der Waals surface area contributed by atoms with Gasteiger partial charge in [-0.1, -0.05) is 55.3 Å². The van der Waals surface area contributed by atoms with E-state index in [4.69, 9.17) is 0 Å². The number of fused-ring (bicyclic) bond motifs is 3. The highest BCUT2D eigenvalue weighted by molar-refractivity contribution is 6.06. The van der Waals surface area contributed by atoms with Crippen LogP contribution in [-0.4, -0.2) is 46.2 Å². The number of nitrogens with zero attached hydrogens (tertiary/aromatic N) is 2. The molecule has 2 fully saturated rings. The summed E-state index contributed by atoms with van der Waals surface area (Å²) in [6.45, 7) is 0.618. The van der Waals surface area contributed by atoms with Crippen LogP contribution in [0.25, 0.3) is 0 Å². The van der Waals surface area contributed by atoms with Crippen molar-refractivity contribution in [2.75, 3.05) is 23.7 Å². The van der Waals surface area contributed by atoms with Crippen LogP contribution in [0.5, 0.6) is 0 Å². The van der Waals surface area contributed by atoms with E-state index in [1.54, 1.807) is 11.1 Å². The van der Waals surface area contributed by atoms with Crippen LogP contribution in [0.4, 0.5) is 11.5 Å². The predicted molar refractivity (Wildman–Crippen MR) is 147 cm³/mol. The van der Waals surface area contributed by atoms with Gasteiger partial charge in [0.1, 0.15) is 12.4 Å². The summed E-state index contributed by atoms with van der Waals surface area (Å²) in [4.78, 5) is 46.3. The number of aromatic nitrogens is 1. The van der Waals surface area contributed by atoms with Crippen LogP contribution in [0, 0.1) is 0 Å². The zero-order valence-corrected chi connectivity index (χ0v) is 21.7. The maximum atomic E-state index is 13.8. The van der Waals surface area contributed by atoms with E-state index in [2.05, 4.69) is 20.9 Å². The van der Waals surface area contributed by atoms with Gasteiger partial charge in [0.15, 0.2) is 0 Å². The van der Waals surface area contributed by atoms with Crippen molar-refractivity contribution in [2.45, 2.75) is 55.5 Å². The van der Waals surface area contributed by atoms with Gasteiger partial charge in [-0.25, -0.2) is 4.98 Å². The minimum absolute atomic E-state index is 0.00963. The third kappa shape index (κ3) is 3.85. The van der Waals surface area contributed by atoms with E-state index in [0.717, 1.165) is 47.9 Å². The summed E-state index contributed by atoms with van der Waals surface area (Å²) in [5, 5.41) is 9.52. The molecule has 2 aliphatic heterocycles. The molecular weight excluding hydrogens is 490 g/mol. The lowest BCUT2D eigenvalue weighted by Gasteiger charge is -2.45. The molecule has 2 aromatic carbocycles. The second-order valence-corrected chi connectivity index (χ2v) is 11.4. The first-order chi connectivity index (χ1) is 19.0. The maximum Gasteiger partial charge on any atom is 0.244 e. The Bertz CT molecular complexity index is 1480. The highest BCUT2D eigenvalue weighted by atomic mass is 16.2. The molecule has 1 saturated heterocycles. The third-order valence-corrected chi connectivity index (χ3v) is 9.10. The van der Waals surface area contributed by atoms with Crippen LogP contribution in [0.15, 0.2) is 66.9 Å². The van der Waals surface area contributed by atoms with E-state index >= 15 is 0 Å². The number of carbonyl (C=O) groups excluding carboxylic acids is 3. The first-order valence-electron chi connectivity index (χ1n) is 13.8. The fourth-order valence-corrected chi connectivity index (χ4v) is 7.12. The number of benzene rings is 2. The molecule has 3 aromatic rings. The number of anilines is 2. The van der Waals surface area contributed by atoms with Crippen molar-refractivity contribution in [3.8, 4) is 0 Å². The van der Waals surface area contributed by atoms with Crippen LogP contribution in [0.2, 0.25) is 0 Å². The van der Waals surface area contributed by atoms with E-state index in [0.29, 0.717) is 30.9 Å². The molecule has 39 heavy (non-hydrogen) atoms. The van der Waals surface area contributed by atoms with Gasteiger partial charge in [0.2, 0.25) is 17.7 Å². The Kier molecular flexibility index (Phi) is 5.56. The normalized spacial score (nSPS) is 24.6. The van der Waals surface area contributed by atoms with Crippen LogP contribution in [0.3, 0.4) is 0 Å². The van der Waals surface area contributed by atoms with Gasteiger partial charge < -0.3 is 20.9 Å². The number of carbonyl (C=O) groups is 3. The van der Waals surface area contributed by atoms with Gasteiger partial charge in [0.05, 0.1) is 17.0 Å². The van der Waals surface area contributed by atoms with Gasteiger partial charge in [-0.3, -0.25) is 14.4 Å². The molecule has 2 atom stereocenters. The van der Waals surface area contributed by atoms with Crippen molar-refractivity contribution in [2.24, 2.45) is 0 Å². The Balaban J connectivity index is 1.11. The van der Waals surface area contributed by atoms with Gasteiger partial charge in [0.25, 0.3) is 0 Å². The maximum absolute atomic E-state index is 13.8. The minimum Gasteiger partial charge on any atom is -0.325 e. The SMILES string of the molecule is O=C(CN1C(=O)C2(CCCC2)NC[C@H]1c1ccccc1)Nc1ccc2c(c1)C[C@@]1(C2)C(=O)Nc2ncccc21. The quantitative estimate of drug-likeness (QED) is 0.488. The topological polar surface area (TPSA) is 103 Å². The fraction of sp³-hybridized carbons (Fsp3) is 0.355. The van der Waals surface area contributed by atoms with E-state index in [-0.39, 0.29) is 30.3 Å². The predicted octanol–water partition coefficient (Wildman–Crippen LogP) is 3.49. The molecule has 3 heterocycles. The van der Waals surface area contributed by atoms with Gasteiger partial charge in [-0.15, -0.1) is 0 Å². The van der Waals surface area contributed by atoms with Gasteiger partial charge in [-0.2, -0.15) is 0 Å². The molecule has 0 radical (unpaired) electrons. The zero-order chi connectivity index (χ0) is 26.6. The Labute approximate surface area is 227 Å². The van der Waals surface area contributed by atoms with Crippen LogP contribution < -0.4 is 16.0 Å². The van der Waals surface area contributed by atoms with Crippen molar-refractivity contribution >= 4 is 29.2 Å². The summed E-state index contributed by atoms with van der Waals surface area (Å²) in [6, 6.07) is 19.4. The second-order valence-electron chi connectivity index (χ2n) is 11.4. The van der Waals surface area contributed by atoms with E-state index < -0.39 is 11.0 Å². The van der Waals surface area contributed by atoms with Gasteiger partial charge in [-0.05, 0) is 60.6 Å². The molecular formula is C31H31N5O3. The molecule has 8 heteroatoms. The zero-order valence-electron chi connectivity index (χ0n) is 21.7. The number of hydrogen-bond donors (Lipinski definition) is 3. The highest BCUT2D eigenvalue weighted by Crippen LogP contribution is 2.47.